The van der Waals surface area contributed by atoms with Gasteiger partial charge in [-0.15, -0.1) is 0 Å². The minimum atomic E-state index is -0.401. The molecule has 0 aliphatic rings. The van der Waals surface area contributed by atoms with Crippen LogP contribution in [0.15, 0.2) is 48.5 Å². The Morgan fingerprint density at radius 1 is 1.19 bits per heavy atom. The molecule has 5 nitrogen and oxygen atoms in total. The van der Waals surface area contributed by atoms with Gasteiger partial charge in [0.15, 0.2) is 0 Å². The van der Waals surface area contributed by atoms with Crippen molar-refractivity contribution in [3.63, 3.8) is 0 Å². The molecule has 0 bridgehead atoms. The Kier molecular flexibility index (Phi) is 4.77. The second-order valence-electron chi connectivity index (χ2n) is 4.98. The van der Waals surface area contributed by atoms with E-state index in [4.69, 9.17) is 4.74 Å². The molecule has 110 valence electrons. The highest BCUT2D eigenvalue weighted by molar-refractivity contribution is 5.51. The summed E-state index contributed by atoms with van der Waals surface area (Å²) in [6, 6.07) is 14.3. The van der Waals surface area contributed by atoms with E-state index in [9.17, 15) is 10.1 Å². The van der Waals surface area contributed by atoms with Crippen molar-refractivity contribution >= 4 is 11.4 Å². The van der Waals surface area contributed by atoms with Gasteiger partial charge < -0.3 is 10.1 Å². The van der Waals surface area contributed by atoms with Crippen LogP contribution in [0.5, 0.6) is 5.75 Å². The molecule has 0 aliphatic heterocycles. The summed E-state index contributed by atoms with van der Waals surface area (Å²) < 4.78 is 5.64. The Bertz CT molecular complexity index is 626. The van der Waals surface area contributed by atoms with Crippen LogP contribution < -0.4 is 10.1 Å². The van der Waals surface area contributed by atoms with Gasteiger partial charge in [-0.3, -0.25) is 10.1 Å². The summed E-state index contributed by atoms with van der Waals surface area (Å²) in [5, 5.41) is 13.9. The van der Waals surface area contributed by atoms with Gasteiger partial charge in [0.25, 0.3) is 5.69 Å². The summed E-state index contributed by atoms with van der Waals surface area (Å²) in [6.07, 6.45) is 0.130. The maximum Gasteiger partial charge on any atom is 0.271 e. The Morgan fingerprint density at radius 3 is 2.67 bits per heavy atom. The van der Waals surface area contributed by atoms with Gasteiger partial charge >= 0.3 is 0 Å². The minimum Gasteiger partial charge on any atom is -0.491 e. The van der Waals surface area contributed by atoms with Crippen LogP contribution in [0.1, 0.15) is 19.4 Å². The quantitative estimate of drug-likeness (QED) is 0.644. The fourth-order valence-corrected chi connectivity index (χ4v) is 1.93. The molecule has 0 unspecified atom stereocenters. The van der Waals surface area contributed by atoms with E-state index < -0.39 is 4.92 Å². The van der Waals surface area contributed by atoms with Crippen molar-refractivity contribution in [1.29, 1.82) is 0 Å². The summed E-state index contributed by atoms with van der Waals surface area (Å²) in [5.74, 6) is 0.823. The van der Waals surface area contributed by atoms with Crippen LogP contribution in [0.3, 0.4) is 0 Å². The lowest BCUT2D eigenvalue weighted by molar-refractivity contribution is -0.384. The van der Waals surface area contributed by atoms with Crippen molar-refractivity contribution in [2.24, 2.45) is 0 Å². The predicted octanol–water partition coefficient (Wildman–Crippen LogP) is 3.99. The smallest absolute Gasteiger partial charge is 0.271 e. The molecule has 0 spiro atoms. The van der Waals surface area contributed by atoms with Crippen LogP contribution >= 0.6 is 0 Å². The van der Waals surface area contributed by atoms with Crippen LogP contribution in [-0.2, 0) is 6.54 Å². The fraction of sp³-hybridized carbons (Fsp3) is 0.250. The SMILES string of the molecule is CC(C)Oc1cccc(CNc2cccc([N+](=O)[O-])c2)c1. The number of hydrogen-bond acceptors (Lipinski definition) is 4. The molecule has 0 aliphatic carbocycles. The van der Waals surface area contributed by atoms with E-state index in [1.807, 2.05) is 44.2 Å². The number of nitrogens with one attached hydrogen (secondary N) is 1. The number of ether oxygens (including phenoxy) is 1. The molecule has 0 heterocycles. The largest absolute Gasteiger partial charge is 0.491 e. The van der Waals surface area contributed by atoms with Crippen molar-refractivity contribution in [2.45, 2.75) is 26.5 Å². The third-order valence-electron chi connectivity index (χ3n) is 2.82. The third-order valence-corrected chi connectivity index (χ3v) is 2.82. The Hall–Kier alpha value is -2.56. The van der Waals surface area contributed by atoms with Gasteiger partial charge in [0.2, 0.25) is 0 Å². The van der Waals surface area contributed by atoms with Crippen LogP contribution in [0.2, 0.25) is 0 Å². The van der Waals surface area contributed by atoms with E-state index in [0.717, 1.165) is 17.0 Å². The van der Waals surface area contributed by atoms with Crippen molar-refractivity contribution in [2.75, 3.05) is 5.32 Å². The molecular formula is C16H18N2O3. The minimum absolute atomic E-state index is 0.0805. The van der Waals surface area contributed by atoms with Gasteiger partial charge in [0.1, 0.15) is 5.75 Å². The van der Waals surface area contributed by atoms with Gasteiger partial charge in [-0.25, -0.2) is 0 Å². The average Bonchev–Trinajstić information content (AvgIpc) is 2.45. The van der Waals surface area contributed by atoms with Crippen LogP contribution in [0, 0.1) is 10.1 Å². The van der Waals surface area contributed by atoms with Gasteiger partial charge in [-0.05, 0) is 37.6 Å². The lowest BCUT2D eigenvalue weighted by Crippen LogP contribution is -2.06. The summed E-state index contributed by atoms with van der Waals surface area (Å²) in [5.41, 5.74) is 1.86. The van der Waals surface area contributed by atoms with E-state index in [1.54, 1.807) is 6.07 Å². The van der Waals surface area contributed by atoms with E-state index in [-0.39, 0.29) is 11.8 Å². The molecule has 2 aromatic carbocycles. The van der Waals surface area contributed by atoms with E-state index in [1.165, 1.54) is 12.1 Å². The average molecular weight is 286 g/mol. The van der Waals surface area contributed by atoms with Gasteiger partial charge in [0.05, 0.1) is 11.0 Å². The highest BCUT2D eigenvalue weighted by atomic mass is 16.6. The van der Waals surface area contributed by atoms with E-state index >= 15 is 0 Å². The molecule has 0 saturated carbocycles. The molecule has 2 aromatic rings. The van der Waals surface area contributed by atoms with Gasteiger partial charge in [0, 0.05) is 24.4 Å². The molecule has 0 amide bonds. The summed E-state index contributed by atoms with van der Waals surface area (Å²) >= 11 is 0. The molecule has 1 N–H and O–H groups in total. The van der Waals surface area contributed by atoms with Crippen molar-refractivity contribution < 1.29 is 9.66 Å². The normalized spacial score (nSPS) is 10.4. The number of nitro benzene ring substituents is 1. The Labute approximate surface area is 123 Å². The second-order valence-corrected chi connectivity index (χ2v) is 4.98. The number of rotatable bonds is 6. The summed E-state index contributed by atoms with van der Waals surface area (Å²) in [4.78, 5) is 10.3. The molecule has 0 fully saturated rings. The first kappa shape index (κ1) is 14.8. The number of hydrogen-bond donors (Lipinski definition) is 1. The topological polar surface area (TPSA) is 64.4 Å². The predicted molar refractivity (Wildman–Crippen MR) is 82.6 cm³/mol. The molecule has 5 heteroatoms. The molecule has 0 aromatic heterocycles. The molecule has 2 rings (SSSR count). The molecule has 0 radical (unpaired) electrons. The number of anilines is 1. The number of nitro groups is 1. The van der Waals surface area contributed by atoms with Crippen LogP contribution in [0.4, 0.5) is 11.4 Å². The third kappa shape index (κ3) is 4.49. The van der Waals surface area contributed by atoms with Crippen molar-refractivity contribution in [1.82, 2.24) is 0 Å². The molecule has 0 atom stereocenters. The zero-order chi connectivity index (χ0) is 15.2. The zero-order valence-electron chi connectivity index (χ0n) is 12.1. The van der Waals surface area contributed by atoms with Crippen molar-refractivity contribution in [3.05, 3.63) is 64.2 Å². The highest BCUT2D eigenvalue weighted by Crippen LogP contribution is 2.19. The zero-order valence-corrected chi connectivity index (χ0v) is 12.1. The van der Waals surface area contributed by atoms with E-state index in [0.29, 0.717) is 6.54 Å². The lowest BCUT2D eigenvalue weighted by atomic mass is 10.2. The van der Waals surface area contributed by atoms with E-state index in [2.05, 4.69) is 5.32 Å². The second kappa shape index (κ2) is 6.74. The maximum atomic E-state index is 10.7. The summed E-state index contributed by atoms with van der Waals surface area (Å²) in [6.45, 7) is 4.54. The van der Waals surface area contributed by atoms with Crippen LogP contribution in [0.25, 0.3) is 0 Å². The first-order valence-electron chi connectivity index (χ1n) is 6.78. The monoisotopic (exact) mass is 286 g/mol. The molecular weight excluding hydrogens is 268 g/mol. The summed E-state index contributed by atoms with van der Waals surface area (Å²) in [7, 11) is 0. The standard InChI is InChI=1S/C16H18N2O3/c1-12(2)21-16-8-3-5-13(9-16)11-17-14-6-4-7-15(10-14)18(19)20/h3-10,12,17H,11H2,1-2H3. The fourth-order valence-electron chi connectivity index (χ4n) is 1.93. The van der Waals surface area contributed by atoms with Gasteiger partial charge in [-0.2, -0.15) is 0 Å². The van der Waals surface area contributed by atoms with Crippen LogP contribution in [-0.4, -0.2) is 11.0 Å². The maximum absolute atomic E-state index is 10.7. The van der Waals surface area contributed by atoms with Crippen molar-refractivity contribution in [3.8, 4) is 5.75 Å². The lowest BCUT2D eigenvalue weighted by Gasteiger charge is -2.11. The van der Waals surface area contributed by atoms with Gasteiger partial charge in [-0.1, -0.05) is 18.2 Å². The molecule has 0 saturated heterocycles. The Balaban J connectivity index is 2.02. The first-order valence-corrected chi connectivity index (χ1v) is 6.78. The highest BCUT2D eigenvalue weighted by Gasteiger charge is 2.05. The first-order chi connectivity index (χ1) is 10.0. The Morgan fingerprint density at radius 2 is 1.95 bits per heavy atom. The number of nitrogens with zero attached hydrogens (tertiary/aromatic N) is 1. The molecule has 21 heavy (non-hydrogen) atoms. The number of non-ortho nitro benzene ring substituents is 1. The number of benzene rings is 2.